The van der Waals surface area contributed by atoms with Crippen molar-refractivity contribution in [3.63, 3.8) is 0 Å². The highest BCUT2D eigenvalue weighted by Crippen LogP contribution is 2.34. The summed E-state index contributed by atoms with van der Waals surface area (Å²) in [6, 6.07) is 18.8. The normalized spacial score (nSPS) is 11.4. The molecule has 0 saturated carbocycles. The molecule has 0 spiro atoms. The summed E-state index contributed by atoms with van der Waals surface area (Å²) in [5.74, 6) is 0.319. The van der Waals surface area contributed by atoms with Gasteiger partial charge in [0, 0.05) is 40.0 Å². The number of nitrogens with one attached hydrogen (secondary N) is 1. The summed E-state index contributed by atoms with van der Waals surface area (Å²) in [5, 5.41) is 4.80. The molecular formula is C28H21N3O3. The number of nitrogens with zero attached hydrogens (tertiary/aromatic N) is 2. The molecule has 0 radical (unpaired) electrons. The number of H-pyrrole nitrogens is 1. The van der Waals surface area contributed by atoms with E-state index in [0.29, 0.717) is 22.4 Å². The van der Waals surface area contributed by atoms with Gasteiger partial charge >= 0.3 is 0 Å². The van der Waals surface area contributed by atoms with Crippen LogP contribution in [0.15, 0.2) is 88.5 Å². The number of aromatic nitrogens is 3. The number of allylic oxidation sites excluding steroid dienone is 1. The SMILES string of the molecule is Cc1noc(C)c1-c1ccc2[nH]c(=O)c(C(=O)/C=C/c3ccccc3)c(-c3cccnc3)c2c1. The summed E-state index contributed by atoms with van der Waals surface area (Å²) in [6.45, 7) is 3.74. The third kappa shape index (κ3) is 3.86. The van der Waals surface area contributed by atoms with Crippen LogP contribution in [0.4, 0.5) is 0 Å². The van der Waals surface area contributed by atoms with Gasteiger partial charge in [0.2, 0.25) is 0 Å². The Balaban J connectivity index is 1.76. The third-order valence-corrected chi connectivity index (χ3v) is 5.76. The molecule has 0 saturated heterocycles. The van der Waals surface area contributed by atoms with Gasteiger partial charge in [-0.15, -0.1) is 0 Å². The Labute approximate surface area is 195 Å². The molecule has 5 rings (SSSR count). The number of ketones is 1. The van der Waals surface area contributed by atoms with Crippen molar-refractivity contribution in [1.82, 2.24) is 15.1 Å². The minimum atomic E-state index is -0.445. The van der Waals surface area contributed by atoms with Crippen LogP contribution >= 0.6 is 0 Å². The quantitative estimate of drug-likeness (QED) is 0.273. The van der Waals surface area contributed by atoms with Crippen LogP contribution in [0, 0.1) is 13.8 Å². The maximum Gasteiger partial charge on any atom is 0.260 e. The largest absolute Gasteiger partial charge is 0.361 e. The minimum absolute atomic E-state index is 0.0728. The predicted octanol–water partition coefficient (Wildman–Crippen LogP) is 5.76. The van der Waals surface area contributed by atoms with Crippen molar-refractivity contribution in [2.24, 2.45) is 0 Å². The fourth-order valence-corrected chi connectivity index (χ4v) is 4.21. The van der Waals surface area contributed by atoms with Gasteiger partial charge in [0.05, 0.1) is 11.3 Å². The number of carbonyl (C=O) groups is 1. The van der Waals surface area contributed by atoms with Crippen LogP contribution in [-0.4, -0.2) is 20.9 Å². The van der Waals surface area contributed by atoms with Crippen molar-refractivity contribution in [1.29, 1.82) is 0 Å². The molecule has 2 aromatic carbocycles. The van der Waals surface area contributed by atoms with E-state index in [4.69, 9.17) is 4.52 Å². The van der Waals surface area contributed by atoms with E-state index in [1.165, 1.54) is 6.08 Å². The molecule has 0 atom stereocenters. The monoisotopic (exact) mass is 447 g/mol. The molecule has 0 amide bonds. The molecule has 0 aliphatic rings. The summed E-state index contributed by atoms with van der Waals surface area (Å²) in [4.78, 5) is 33.6. The molecule has 6 heteroatoms. The molecule has 0 aliphatic heterocycles. The van der Waals surface area contributed by atoms with Crippen LogP contribution in [0.5, 0.6) is 0 Å². The zero-order valence-electron chi connectivity index (χ0n) is 18.7. The van der Waals surface area contributed by atoms with Crippen molar-refractivity contribution < 1.29 is 9.32 Å². The van der Waals surface area contributed by atoms with Crippen molar-refractivity contribution in [2.45, 2.75) is 13.8 Å². The van der Waals surface area contributed by atoms with Crippen LogP contribution in [-0.2, 0) is 0 Å². The Bertz CT molecular complexity index is 1580. The first-order chi connectivity index (χ1) is 16.5. The van der Waals surface area contributed by atoms with Crippen LogP contribution in [0.1, 0.15) is 27.4 Å². The van der Waals surface area contributed by atoms with Crippen molar-refractivity contribution in [3.8, 4) is 22.3 Å². The highest BCUT2D eigenvalue weighted by Gasteiger charge is 2.21. The standard InChI is InChI=1S/C28H21N3O3/c1-17-25(18(2)34-31-17)20-11-12-23-22(15-20)26(21-9-6-14-29-16-21)27(28(33)30-23)24(32)13-10-19-7-4-3-5-8-19/h3-16H,1-2H3,(H,30,33)/b13-10+. The zero-order valence-corrected chi connectivity index (χ0v) is 18.7. The van der Waals surface area contributed by atoms with Gasteiger partial charge in [0.15, 0.2) is 5.78 Å². The van der Waals surface area contributed by atoms with Gasteiger partial charge < -0.3 is 9.51 Å². The number of aromatic amines is 1. The Kier molecular flexibility index (Phi) is 5.47. The summed E-state index contributed by atoms with van der Waals surface area (Å²) in [7, 11) is 0. The lowest BCUT2D eigenvalue weighted by molar-refractivity contribution is 0.104. The number of pyridine rings is 2. The summed E-state index contributed by atoms with van der Waals surface area (Å²) in [6.07, 6.45) is 6.46. The number of hydrogen-bond acceptors (Lipinski definition) is 5. The highest BCUT2D eigenvalue weighted by atomic mass is 16.5. The smallest absolute Gasteiger partial charge is 0.260 e. The second-order valence-corrected chi connectivity index (χ2v) is 8.01. The van der Waals surface area contributed by atoms with Gasteiger partial charge in [0.25, 0.3) is 5.56 Å². The molecule has 6 nitrogen and oxygen atoms in total. The fraction of sp³-hybridized carbons (Fsp3) is 0.0714. The number of rotatable bonds is 5. The second-order valence-electron chi connectivity index (χ2n) is 8.01. The first-order valence-electron chi connectivity index (χ1n) is 10.8. The average molecular weight is 447 g/mol. The van der Waals surface area contributed by atoms with E-state index in [1.807, 2.05) is 68.4 Å². The van der Waals surface area contributed by atoms with Gasteiger partial charge in [-0.25, -0.2) is 0 Å². The molecule has 166 valence electrons. The average Bonchev–Trinajstić information content (AvgIpc) is 3.20. The molecule has 0 unspecified atom stereocenters. The fourth-order valence-electron chi connectivity index (χ4n) is 4.21. The van der Waals surface area contributed by atoms with E-state index in [0.717, 1.165) is 27.8 Å². The Morgan fingerprint density at radius 2 is 1.79 bits per heavy atom. The number of benzene rings is 2. The molecular weight excluding hydrogens is 426 g/mol. The third-order valence-electron chi connectivity index (χ3n) is 5.76. The zero-order chi connectivity index (χ0) is 23.7. The second kappa shape index (κ2) is 8.75. The lowest BCUT2D eigenvalue weighted by Crippen LogP contribution is -2.18. The summed E-state index contributed by atoms with van der Waals surface area (Å²) >= 11 is 0. The first-order valence-corrected chi connectivity index (χ1v) is 10.8. The molecule has 3 aromatic heterocycles. The van der Waals surface area contributed by atoms with E-state index in [9.17, 15) is 9.59 Å². The van der Waals surface area contributed by atoms with Crippen molar-refractivity contribution in [3.05, 3.63) is 112 Å². The molecule has 0 fully saturated rings. The number of carbonyl (C=O) groups excluding carboxylic acids is 1. The van der Waals surface area contributed by atoms with E-state index < -0.39 is 5.56 Å². The van der Waals surface area contributed by atoms with E-state index in [2.05, 4.69) is 15.1 Å². The minimum Gasteiger partial charge on any atom is -0.361 e. The van der Waals surface area contributed by atoms with E-state index in [-0.39, 0.29) is 11.3 Å². The van der Waals surface area contributed by atoms with Crippen molar-refractivity contribution >= 4 is 22.8 Å². The van der Waals surface area contributed by atoms with Gasteiger partial charge in [-0.05, 0) is 49.2 Å². The van der Waals surface area contributed by atoms with Gasteiger partial charge in [-0.1, -0.05) is 53.7 Å². The Morgan fingerprint density at radius 1 is 0.971 bits per heavy atom. The number of aryl methyl sites for hydroxylation is 2. The van der Waals surface area contributed by atoms with Crippen LogP contribution in [0.25, 0.3) is 39.2 Å². The predicted molar refractivity (Wildman–Crippen MR) is 133 cm³/mol. The molecule has 0 aliphatic carbocycles. The Morgan fingerprint density at radius 3 is 2.50 bits per heavy atom. The van der Waals surface area contributed by atoms with Crippen LogP contribution in [0.3, 0.4) is 0 Å². The Hall–Kier alpha value is -4.58. The van der Waals surface area contributed by atoms with Crippen molar-refractivity contribution in [2.75, 3.05) is 0 Å². The van der Waals surface area contributed by atoms with E-state index in [1.54, 1.807) is 24.5 Å². The summed E-state index contributed by atoms with van der Waals surface area (Å²) < 4.78 is 5.35. The molecule has 3 heterocycles. The molecule has 1 N–H and O–H groups in total. The molecule has 5 aromatic rings. The maximum absolute atomic E-state index is 13.3. The van der Waals surface area contributed by atoms with Crippen LogP contribution < -0.4 is 5.56 Å². The number of hydrogen-bond donors (Lipinski definition) is 1. The molecule has 0 bridgehead atoms. The lowest BCUT2D eigenvalue weighted by atomic mass is 9.92. The highest BCUT2D eigenvalue weighted by molar-refractivity contribution is 6.15. The van der Waals surface area contributed by atoms with Gasteiger partial charge in [-0.3, -0.25) is 14.6 Å². The van der Waals surface area contributed by atoms with Crippen LogP contribution in [0.2, 0.25) is 0 Å². The first kappa shape index (κ1) is 21.3. The topological polar surface area (TPSA) is 88.9 Å². The van der Waals surface area contributed by atoms with E-state index >= 15 is 0 Å². The van der Waals surface area contributed by atoms with Gasteiger partial charge in [0.1, 0.15) is 5.76 Å². The van der Waals surface area contributed by atoms with Gasteiger partial charge in [-0.2, -0.15) is 0 Å². The molecule has 34 heavy (non-hydrogen) atoms. The maximum atomic E-state index is 13.3. The number of fused-ring (bicyclic) bond motifs is 1. The lowest BCUT2D eigenvalue weighted by Gasteiger charge is -2.12. The summed E-state index contributed by atoms with van der Waals surface area (Å²) in [5.41, 5.74) is 4.91.